The highest BCUT2D eigenvalue weighted by Crippen LogP contribution is 2.24. The summed E-state index contributed by atoms with van der Waals surface area (Å²) in [5.41, 5.74) is 0. The molecule has 0 bridgehead atoms. The predicted octanol–water partition coefficient (Wildman–Crippen LogP) is 2.82. The van der Waals surface area contributed by atoms with Gasteiger partial charge in [-0.15, -0.1) is 11.3 Å². The molecule has 0 aliphatic rings. The number of hydrogen-bond donors (Lipinski definition) is 2. The second-order valence-electron chi connectivity index (χ2n) is 3.90. The number of carboxylic acid groups (broad SMARTS) is 1. The fourth-order valence-corrected chi connectivity index (χ4v) is 2.42. The Morgan fingerprint density at radius 2 is 2.19 bits per heavy atom. The number of aryl methyl sites for hydroxylation is 1. The predicted molar refractivity (Wildman–Crippen MR) is 67.0 cm³/mol. The first-order valence-corrected chi connectivity index (χ1v) is 6.47. The van der Waals surface area contributed by atoms with Crippen LogP contribution in [-0.4, -0.2) is 17.1 Å². The van der Waals surface area contributed by atoms with E-state index in [1.807, 2.05) is 26.0 Å². The molecule has 16 heavy (non-hydrogen) atoms. The second-order valence-corrected chi connectivity index (χ2v) is 5.10. The van der Waals surface area contributed by atoms with Crippen LogP contribution in [0.15, 0.2) is 12.1 Å². The van der Waals surface area contributed by atoms with Crippen LogP contribution >= 0.6 is 11.3 Å². The van der Waals surface area contributed by atoms with E-state index < -0.39 is 12.0 Å². The normalized spacial score (nSPS) is 14.7. The molecule has 0 amide bonds. The van der Waals surface area contributed by atoms with Gasteiger partial charge in [0.2, 0.25) is 0 Å². The fraction of sp³-hybridized carbons (Fsp3) is 0.583. The summed E-state index contributed by atoms with van der Waals surface area (Å²) in [4.78, 5) is 13.3. The van der Waals surface area contributed by atoms with Crippen LogP contribution in [0.25, 0.3) is 0 Å². The average molecular weight is 241 g/mol. The molecule has 1 rings (SSSR count). The molecule has 1 heterocycles. The highest BCUT2D eigenvalue weighted by Gasteiger charge is 2.22. The van der Waals surface area contributed by atoms with E-state index in [-0.39, 0.29) is 6.04 Å². The molecule has 2 N–H and O–H groups in total. The number of hydrogen-bond acceptors (Lipinski definition) is 3. The van der Waals surface area contributed by atoms with Gasteiger partial charge in [-0.05, 0) is 31.9 Å². The minimum atomic E-state index is -0.801. The first kappa shape index (κ1) is 13.2. The van der Waals surface area contributed by atoms with Crippen LogP contribution in [-0.2, 0) is 11.2 Å². The van der Waals surface area contributed by atoms with Crippen molar-refractivity contribution in [2.75, 3.05) is 0 Å². The molecule has 0 fully saturated rings. The molecule has 3 nitrogen and oxygen atoms in total. The van der Waals surface area contributed by atoms with Crippen molar-refractivity contribution in [2.24, 2.45) is 0 Å². The van der Waals surface area contributed by atoms with Crippen molar-refractivity contribution < 1.29 is 9.90 Å². The molecule has 4 heteroatoms. The van der Waals surface area contributed by atoms with Crippen LogP contribution in [0, 0.1) is 0 Å². The average Bonchev–Trinajstić information content (AvgIpc) is 2.73. The molecule has 1 aromatic rings. The fourth-order valence-electron chi connectivity index (χ4n) is 1.42. The molecule has 90 valence electrons. The Hall–Kier alpha value is -0.870. The number of carbonyl (C=O) groups is 1. The van der Waals surface area contributed by atoms with Crippen LogP contribution in [0.3, 0.4) is 0 Å². The molecule has 0 radical (unpaired) electrons. The number of aliphatic carboxylic acids is 1. The Kier molecular flexibility index (Phi) is 4.96. The summed E-state index contributed by atoms with van der Waals surface area (Å²) in [5, 5.41) is 12.3. The quantitative estimate of drug-likeness (QED) is 0.805. The lowest BCUT2D eigenvalue weighted by Crippen LogP contribution is -2.34. The van der Waals surface area contributed by atoms with Crippen molar-refractivity contribution in [1.82, 2.24) is 5.32 Å². The van der Waals surface area contributed by atoms with Gasteiger partial charge in [0.25, 0.3) is 0 Å². The lowest BCUT2D eigenvalue weighted by atomic mass is 10.2. The van der Waals surface area contributed by atoms with Crippen LogP contribution < -0.4 is 5.32 Å². The highest BCUT2D eigenvalue weighted by molar-refractivity contribution is 7.12. The Morgan fingerprint density at radius 1 is 1.50 bits per heavy atom. The highest BCUT2D eigenvalue weighted by atomic mass is 32.1. The molecule has 2 unspecified atom stereocenters. The van der Waals surface area contributed by atoms with Crippen LogP contribution in [0.1, 0.15) is 43.0 Å². The van der Waals surface area contributed by atoms with E-state index in [1.165, 1.54) is 4.88 Å². The molecule has 0 aliphatic carbocycles. The van der Waals surface area contributed by atoms with E-state index in [9.17, 15) is 9.90 Å². The largest absolute Gasteiger partial charge is 0.480 e. The van der Waals surface area contributed by atoms with E-state index in [1.54, 1.807) is 11.3 Å². The Bertz CT molecular complexity index is 349. The zero-order valence-corrected chi connectivity index (χ0v) is 10.8. The Balaban J connectivity index is 2.81. The molecule has 0 aliphatic heterocycles. The maximum atomic E-state index is 11.2. The van der Waals surface area contributed by atoms with E-state index in [0.29, 0.717) is 0 Å². The molecule has 0 spiro atoms. The number of thiophene rings is 1. The topological polar surface area (TPSA) is 49.3 Å². The summed E-state index contributed by atoms with van der Waals surface area (Å²) in [6, 6.07) is 3.57. The summed E-state index contributed by atoms with van der Waals surface area (Å²) in [5.74, 6) is -0.801. The third kappa shape index (κ3) is 3.32. The summed E-state index contributed by atoms with van der Waals surface area (Å²) >= 11 is 1.58. The Morgan fingerprint density at radius 3 is 2.62 bits per heavy atom. The van der Waals surface area contributed by atoms with Crippen molar-refractivity contribution in [3.8, 4) is 0 Å². The second kappa shape index (κ2) is 6.01. The maximum Gasteiger partial charge on any atom is 0.326 e. The molecule has 0 aromatic carbocycles. The van der Waals surface area contributed by atoms with Crippen molar-refractivity contribution in [2.45, 2.75) is 45.7 Å². The van der Waals surface area contributed by atoms with E-state index in [0.717, 1.165) is 17.7 Å². The van der Waals surface area contributed by atoms with Crippen molar-refractivity contribution in [3.63, 3.8) is 0 Å². The number of carboxylic acids is 1. The molecular formula is C12H19NO2S. The van der Waals surface area contributed by atoms with E-state index >= 15 is 0 Å². The first-order valence-electron chi connectivity index (χ1n) is 5.65. The monoisotopic (exact) mass is 241 g/mol. The zero-order chi connectivity index (χ0) is 12.1. The van der Waals surface area contributed by atoms with Crippen LogP contribution in [0.2, 0.25) is 0 Å². The Labute approximate surface area is 100 Å². The number of rotatable bonds is 6. The van der Waals surface area contributed by atoms with Gasteiger partial charge >= 0.3 is 5.97 Å². The smallest absolute Gasteiger partial charge is 0.326 e. The number of nitrogens with one attached hydrogen (secondary N) is 1. The molecular weight excluding hydrogens is 222 g/mol. The third-order valence-corrected chi connectivity index (χ3v) is 3.92. The van der Waals surface area contributed by atoms with Gasteiger partial charge in [-0.3, -0.25) is 10.1 Å². The minimum absolute atomic E-state index is 0.216. The van der Waals surface area contributed by atoms with Gasteiger partial charge in [-0.1, -0.05) is 13.8 Å². The molecule has 1 aromatic heterocycles. The minimum Gasteiger partial charge on any atom is -0.480 e. The summed E-state index contributed by atoms with van der Waals surface area (Å²) < 4.78 is 0. The van der Waals surface area contributed by atoms with Gasteiger partial charge in [0.05, 0.1) is 0 Å². The summed E-state index contributed by atoms with van der Waals surface area (Å²) in [6.07, 6.45) is 1.89. The first-order chi connectivity index (χ1) is 7.58. The van der Waals surface area contributed by atoms with Crippen LogP contribution in [0.4, 0.5) is 0 Å². The van der Waals surface area contributed by atoms with Crippen molar-refractivity contribution in [3.05, 3.63) is 21.9 Å². The van der Waals surface area contributed by atoms with Gasteiger partial charge in [0.1, 0.15) is 6.04 Å². The summed E-state index contributed by atoms with van der Waals surface area (Å²) in [7, 11) is 0. The SMILES string of the molecule is CCc1ccc(C(NC(C)CC)C(=O)O)s1. The zero-order valence-electron chi connectivity index (χ0n) is 9.99. The van der Waals surface area contributed by atoms with Gasteiger partial charge in [0, 0.05) is 15.8 Å². The third-order valence-electron chi connectivity index (χ3n) is 2.63. The maximum absolute atomic E-state index is 11.2. The van der Waals surface area contributed by atoms with Gasteiger partial charge < -0.3 is 5.11 Å². The lowest BCUT2D eigenvalue weighted by molar-refractivity contribution is -0.139. The molecule has 0 saturated heterocycles. The molecule has 2 atom stereocenters. The van der Waals surface area contributed by atoms with Crippen molar-refractivity contribution >= 4 is 17.3 Å². The van der Waals surface area contributed by atoms with Crippen molar-refractivity contribution in [1.29, 1.82) is 0 Å². The van der Waals surface area contributed by atoms with Gasteiger partial charge in [0.15, 0.2) is 0 Å². The van der Waals surface area contributed by atoms with Crippen LogP contribution in [0.5, 0.6) is 0 Å². The summed E-state index contributed by atoms with van der Waals surface area (Å²) in [6.45, 7) is 6.13. The van der Waals surface area contributed by atoms with Gasteiger partial charge in [-0.25, -0.2) is 0 Å². The van der Waals surface area contributed by atoms with E-state index in [2.05, 4.69) is 12.2 Å². The van der Waals surface area contributed by atoms with E-state index in [4.69, 9.17) is 0 Å². The lowest BCUT2D eigenvalue weighted by Gasteiger charge is -2.17. The molecule has 0 saturated carbocycles. The van der Waals surface area contributed by atoms with Gasteiger partial charge in [-0.2, -0.15) is 0 Å². The standard InChI is InChI=1S/C12H19NO2S/c1-4-8(3)13-11(12(14)15)10-7-6-9(5-2)16-10/h6-8,11,13H,4-5H2,1-3H3,(H,14,15).